The van der Waals surface area contributed by atoms with Crippen LogP contribution in [0.2, 0.25) is 51.4 Å². The molecule has 2 unspecified atom stereocenters. The molecule has 2 saturated heterocycles. The first kappa shape index (κ1) is 52.5. The summed E-state index contributed by atoms with van der Waals surface area (Å²) in [5.41, 5.74) is 13.0. The zero-order valence-corrected chi connectivity index (χ0v) is 44.9. The van der Waals surface area contributed by atoms with Gasteiger partial charge in [0.2, 0.25) is 0 Å². The van der Waals surface area contributed by atoms with Crippen molar-refractivity contribution in [2.75, 3.05) is 63.5 Å². The van der Waals surface area contributed by atoms with Crippen molar-refractivity contribution in [1.29, 1.82) is 10.5 Å². The van der Waals surface area contributed by atoms with Crippen LogP contribution in [-0.2, 0) is 14.2 Å². The number of pyridine rings is 2. The highest BCUT2D eigenvalue weighted by atomic mass is 28.3. The van der Waals surface area contributed by atoms with Gasteiger partial charge in [-0.05, 0) is 89.4 Å². The number of piperidine rings is 2. The van der Waals surface area contributed by atoms with Crippen LogP contribution in [0, 0.1) is 22.7 Å². The van der Waals surface area contributed by atoms with E-state index in [-0.39, 0.29) is 12.0 Å². The first-order valence-electron chi connectivity index (χ1n) is 24.6. The molecule has 376 valence electrons. The van der Waals surface area contributed by atoms with Crippen molar-refractivity contribution >= 4 is 45.2 Å². The fourth-order valence-corrected chi connectivity index (χ4v) is 9.86. The van der Waals surface area contributed by atoms with Crippen molar-refractivity contribution in [2.45, 2.75) is 115 Å². The SMILES string of the molecule is CC(C)(C)OC(=O)N1CCCC(c2cc(N(COCC[Si](C)(C)C)COCC[Si](C)(C)C)n3ncc(-c4ccc(C#N)nc4)c3n2)C1.N#Cc1ccc(-c2cnn3c(N)cc(C4CCCNC4)nc23)cn1. The second kappa shape index (κ2) is 22.8. The minimum absolute atomic E-state index is 0.00401. The fraction of sp³-hybridized carbons (Fsp3) is 0.510. The number of nitrogen functional groups attached to an aromatic ring is 1. The van der Waals surface area contributed by atoms with Crippen molar-refractivity contribution in [2.24, 2.45) is 0 Å². The Balaban J connectivity index is 0.000000256. The van der Waals surface area contributed by atoms with E-state index in [9.17, 15) is 10.1 Å². The van der Waals surface area contributed by atoms with Gasteiger partial charge < -0.3 is 35.1 Å². The Bertz CT molecular complexity index is 2810. The lowest BCUT2D eigenvalue weighted by Gasteiger charge is -2.34. The Morgan fingerprint density at radius 3 is 1.85 bits per heavy atom. The number of carbonyl (C=O) groups excluding carboxylic acids is 1. The fourth-order valence-electron chi connectivity index (χ4n) is 8.35. The van der Waals surface area contributed by atoms with Crippen molar-refractivity contribution in [3.05, 3.63) is 84.0 Å². The molecule has 2 aliphatic rings. The second-order valence-electron chi connectivity index (χ2n) is 21.9. The predicted octanol–water partition coefficient (Wildman–Crippen LogP) is 8.92. The largest absolute Gasteiger partial charge is 0.444 e. The van der Waals surface area contributed by atoms with Gasteiger partial charge in [0, 0.05) is 108 Å². The molecule has 0 spiro atoms. The van der Waals surface area contributed by atoms with E-state index in [2.05, 4.69) is 76.7 Å². The van der Waals surface area contributed by atoms with E-state index in [1.165, 1.54) is 0 Å². The Kier molecular flexibility index (Phi) is 16.9. The van der Waals surface area contributed by atoms with E-state index in [1.54, 1.807) is 46.3 Å². The number of ether oxygens (including phenoxy) is 3. The molecule has 18 nitrogen and oxygen atoms in total. The van der Waals surface area contributed by atoms with Gasteiger partial charge in [0.25, 0.3) is 0 Å². The van der Waals surface area contributed by atoms with Crippen LogP contribution in [0.25, 0.3) is 33.5 Å². The molecular weight excluding hydrogens is 929 g/mol. The van der Waals surface area contributed by atoms with Crippen molar-refractivity contribution in [3.8, 4) is 34.4 Å². The summed E-state index contributed by atoms with van der Waals surface area (Å²) in [5.74, 6) is 1.76. The number of nitrogens with two attached hydrogens (primary N) is 1. The molecule has 3 N–H and O–H groups in total. The third-order valence-corrected chi connectivity index (χ3v) is 15.8. The van der Waals surface area contributed by atoms with E-state index in [4.69, 9.17) is 40.3 Å². The molecule has 0 saturated carbocycles. The number of carbonyl (C=O) groups is 1. The number of likely N-dealkylation sites (tertiary alicyclic amines) is 1. The maximum atomic E-state index is 13.1. The molecule has 0 bridgehead atoms. The molecule has 8 rings (SSSR count). The molecule has 8 heterocycles. The van der Waals surface area contributed by atoms with Gasteiger partial charge in [-0.15, -0.1) is 0 Å². The lowest BCUT2D eigenvalue weighted by atomic mass is 9.94. The van der Waals surface area contributed by atoms with Crippen molar-refractivity contribution in [3.63, 3.8) is 0 Å². The van der Waals surface area contributed by atoms with Crippen LogP contribution in [-0.4, -0.2) is 125 Å². The molecule has 0 radical (unpaired) electrons. The number of amides is 1. The summed E-state index contributed by atoms with van der Waals surface area (Å²) >= 11 is 0. The molecule has 0 aromatic carbocycles. The summed E-state index contributed by atoms with van der Waals surface area (Å²) in [5, 5.41) is 30.7. The summed E-state index contributed by atoms with van der Waals surface area (Å²) in [4.78, 5) is 35.4. The lowest BCUT2D eigenvalue weighted by Crippen LogP contribution is -2.42. The monoisotopic (exact) mass is 999 g/mol. The molecule has 2 atom stereocenters. The number of hydrogen-bond donors (Lipinski definition) is 2. The summed E-state index contributed by atoms with van der Waals surface area (Å²) in [6.07, 6.45) is 10.6. The van der Waals surface area contributed by atoms with Gasteiger partial charge in [0.05, 0.1) is 23.8 Å². The number of nitriles is 2. The highest BCUT2D eigenvalue weighted by molar-refractivity contribution is 6.76. The zero-order valence-electron chi connectivity index (χ0n) is 42.9. The number of hydrogen-bond acceptors (Lipinski definition) is 15. The van der Waals surface area contributed by atoms with Gasteiger partial charge in [-0.1, -0.05) is 39.3 Å². The maximum absolute atomic E-state index is 13.1. The standard InChI is InChI=1S/C34H53N7O4Si2.C17H17N7/c1-34(2,3)45-33(42)39-14-10-11-27(23-39)30-19-31(40(24-43-15-17-46(4,5)6)25-44-16-18-47(7,8)9)41-32(38-30)29(22-37-41)26-12-13-28(20-35)36-21-26;18-7-13-4-3-11(9-21-13)14-10-22-24-16(19)6-15(23-17(14)24)12-2-1-5-20-8-12/h12-13,19,21-22,27H,10-11,14-18,23-25H2,1-9H3;3-4,6,9-10,12,20H,1-2,5,8,19H2. The number of aromatic nitrogens is 8. The Morgan fingerprint density at radius 2 is 1.34 bits per heavy atom. The first-order valence-corrected chi connectivity index (χ1v) is 32.1. The summed E-state index contributed by atoms with van der Waals surface area (Å²) in [6, 6.07) is 17.4. The van der Waals surface area contributed by atoms with E-state index >= 15 is 0 Å². The summed E-state index contributed by atoms with van der Waals surface area (Å²) in [7, 11) is -2.55. The van der Waals surface area contributed by atoms with Crippen LogP contribution in [0.3, 0.4) is 0 Å². The van der Waals surface area contributed by atoms with Crippen LogP contribution >= 0.6 is 0 Å². The Morgan fingerprint density at radius 1 is 0.789 bits per heavy atom. The van der Waals surface area contributed by atoms with Gasteiger partial charge in [0.1, 0.15) is 54.2 Å². The van der Waals surface area contributed by atoms with Gasteiger partial charge >= 0.3 is 6.09 Å². The molecule has 2 fully saturated rings. The highest BCUT2D eigenvalue weighted by Crippen LogP contribution is 2.34. The van der Waals surface area contributed by atoms with Gasteiger partial charge in [-0.25, -0.2) is 24.7 Å². The van der Waals surface area contributed by atoms with Crippen molar-refractivity contribution in [1.82, 2.24) is 49.4 Å². The zero-order chi connectivity index (χ0) is 50.9. The number of fused-ring (bicyclic) bond motifs is 2. The minimum Gasteiger partial charge on any atom is -0.444 e. The quantitative estimate of drug-likeness (QED) is 0.0557. The predicted molar refractivity (Wildman–Crippen MR) is 281 cm³/mol. The highest BCUT2D eigenvalue weighted by Gasteiger charge is 2.31. The van der Waals surface area contributed by atoms with Gasteiger partial charge in [-0.3, -0.25) is 0 Å². The molecule has 0 aliphatic carbocycles. The van der Waals surface area contributed by atoms with E-state index in [0.29, 0.717) is 68.5 Å². The van der Waals surface area contributed by atoms with Crippen LogP contribution in [0.4, 0.5) is 16.4 Å². The van der Waals surface area contributed by atoms with Crippen LogP contribution in [0.5, 0.6) is 0 Å². The van der Waals surface area contributed by atoms with Crippen LogP contribution < -0.4 is 16.0 Å². The molecule has 1 amide bonds. The lowest BCUT2D eigenvalue weighted by molar-refractivity contribution is 0.0197. The maximum Gasteiger partial charge on any atom is 0.410 e. The molecule has 6 aromatic rings. The third-order valence-electron chi connectivity index (χ3n) is 12.4. The molecule has 20 heteroatoms. The average molecular weight is 999 g/mol. The number of rotatable bonds is 15. The van der Waals surface area contributed by atoms with E-state index in [0.717, 1.165) is 96.0 Å². The van der Waals surface area contributed by atoms with E-state index in [1.807, 2.05) is 49.6 Å². The Labute approximate surface area is 419 Å². The van der Waals surface area contributed by atoms with Gasteiger partial charge in [-0.2, -0.15) is 29.8 Å². The van der Waals surface area contributed by atoms with Crippen LogP contribution in [0.1, 0.15) is 81.1 Å². The topological polar surface area (TPSA) is 223 Å². The van der Waals surface area contributed by atoms with Crippen molar-refractivity contribution < 1.29 is 19.0 Å². The average Bonchev–Trinajstić information content (AvgIpc) is 3.98. The van der Waals surface area contributed by atoms with Crippen LogP contribution in [0.15, 0.2) is 61.2 Å². The normalized spacial score (nSPS) is 16.5. The Hall–Kier alpha value is -6.30. The number of nitrogens with one attached hydrogen (secondary N) is 1. The minimum atomic E-state index is -1.27. The molecule has 6 aromatic heterocycles. The van der Waals surface area contributed by atoms with Gasteiger partial charge in [0.15, 0.2) is 11.3 Å². The molecular formula is C51H70N14O4Si2. The smallest absolute Gasteiger partial charge is 0.410 e. The molecule has 71 heavy (non-hydrogen) atoms. The summed E-state index contributed by atoms with van der Waals surface area (Å²) < 4.78 is 21.8. The second-order valence-corrected chi connectivity index (χ2v) is 33.1. The first-order chi connectivity index (χ1) is 33.8. The van der Waals surface area contributed by atoms with E-state index < -0.39 is 21.7 Å². The molecule has 2 aliphatic heterocycles. The number of nitrogens with zero attached hydrogens (tertiary/aromatic N) is 12. The number of anilines is 2. The third kappa shape index (κ3) is 14.2. The summed E-state index contributed by atoms with van der Waals surface area (Å²) in [6.45, 7) is 24.9.